The van der Waals surface area contributed by atoms with E-state index in [9.17, 15) is 9.90 Å². The number of carboxylic acids is 1. The van der Waals surface area contributed by atoms with E-state index in [0.717, 1.165) is 30.5 Å². The van der Waals surface area contributed by atoms with Crippen molar-refractivity contribution in [2.75, 3.05) is 12.4 Å². The number of anilines is 1. The number of hydrogen-bond acceptors (Lipinski definition) is 3. The van der Waals surface area contributed by atoms with Gasteiger partial charge in [-0.05, 0) is 37.5 Å². The standard InChI is InChI=1S/C15H21NO3/c1-11-6-5-7-12(10-11)16-15(14(17)18)9-4-3-8-13(15)19-2/h5-7,10,13,16H,3-4,8-9H2,1-2H3,(H,17,18). The molecule has 0 aliphatic heterocycles. The number of methoxy groups -OCH3 is 1. The number of benzene rings is 1. The first-order valence-corrected chi connectivity index (χ1v) is 6.69. The van der Waals surface area contributed by atoms with E-state index in [1.807, 2.05) is 31.2 Å². The number of carbonyl (C=O) groups is 1. The number of rotatable bonds is 4. The molecule has 19 heavy (non-hydrogen) atoms. The minimum atomic E-state index is -1.01. The number of ether oxygens (including phenoxy) is 1. The monoisotopic (exact) mass is 263 g/mol. The van der Waals surface area contributed by atoms with Crippen LogP contribution in [-0.2, 0) is 9.53 Å². The minimum absolute atomic E-state index is 0.292. The molecule has 2 unspecified atom stereocenters. The van der Waals surface area contributed by atoms with Crippen LogP contribution in [0.3, 0.4) is 0 Å². The Bertz CT molecular complexity index is 460. The second-order valence-electron chi connectivity index (χ2n) is 5.24. The van der Waals surface area contributed by atoms with Crippen LogP contribution in [-0.4, -0.2) is 29.8 Å². The van der Waals surface area contributed by atoms with Crippen LogP contribution in [0.4, 0.5) is 5.69 Å². The molecule has 2 rings (SSSR count). The van der Waals surface area contributed by atoms with Gasteiger partial charge in [0.25, 0.3) is 0 Å². The van der Waals surface area contributed by atoms with Crippen LogP contribution in [0.1, 0.15) is 31.2 Å². The van der Waals surface area contributed by atoms with Gasteiger partial charge in [0.1, 0.15) is 0 Å². The van der Waals surface area contributed by atoms with Crippen LogP contribution >= 0.6 is 0 Å². The Morgan fingerprint density at radius 1 is 1.47 bits per heavy atom. The van der Waals surface area contributed by atoms with Crippen molar-refractivity contribution in [3.05, 3.63) is 29.8 Å². The number of nitrogens with one attached hydrogen (secondary N) is 1. The number of carboxylic acid groups (broad SMARTS) is 1. The molecule has 1 fully saturated rings. The highest BCUT2D eigenvalue weighted by Gasteiger charge is 2.48. The normalized spacial score (nSPS) is 26.9. The summed E-state index contributed by atoms with van der Waals surface area (Å²) in [6.45, 7) is 1.99. The Kier molecular flexibility index (Phi) is 4.10. The lowest BCUT2D eigenvalue weighted by Gasteiger charge is -2.41. The maximum atomic E-state index is 11.8. The molecular formula is C15H21NO3. The zero-order valence-corrected chi connectivity index (χ0v) is 11.5. The van der Waals surface area contributed by atoms with Crippen molar-refractivity contribution in [3.63, 3.8) is 0 Å². The molecule has 0 aromatic heterocycles. The number of hydrogen-bond donors (Lipinski definition) is 2. The Balaban J connectivity index is 2.31. The summed E-state index contributed by atoms with van der Waals surface area (Å²) in [5.74, 6) is -0.833. The van der Waals surface area contributed by atoms with Gasteiger partial charge in [0, 0.05) is 12.8 Å². The summed E-state index contributed by atoms with van der Waals surface area (Å²) in [5, 5.41) is 12.9. The zero-order chi connectivity index (χ0) is 13.9. The lowest BCUT2D eigenvalue weighted by atomic mass is 9.78. The summed E-state index contributed by atoms with van der Waals surface area (Å²) >= 11 is 0. The second kappa shape index (κ2) is 5.61. The lowest BCUT2D eigenvalue weighted by molar-refractivity contribution is -0.149. The van der Waals surface area contributed by atoms with Crippen molar-refractivity contribution >= 4 is 11.7 Å². The fourth-order valence-corrected chi connectivity index (χ4v) is 2.88. The topological polar surface area (TPSA) is 58.6 Å². The van der Waals surface area contributed by atoms with E-state index < -0.39 is 11.5 Å². The van der Waals surface area contributed by atoms with Crippen LogP contribution in [0.15, 0.2) is 24.3 Å². The molecule has 1 saturated carbocycles. The van der Waals surface area contributed by atoms with Crippen LogP contribution in [0.5, 0.6) is 0 Å². The molecule has 0 bridgehead atoms. The van der Waals surface area contributed by atoms with Gasteiger partial charge >= 0.3 is 5.97 Å². The molecule has 4 heteroatoms. The van der Waals surface area contributed by atoms with E-state index in [-0.39, 0.29) is 6.10 Å². The smallest absolute Gasteiger partial charge is 0.332 e. The molecule has 1 aliphatic rings. The Hall–Kier alpha value is -1.55. The van der Waals surface area contributed by atoms with E-state index in [0.29, 0.717) is 6.42 Å². The number of aliphatic carboxylic acids is 1. The molecular weight excluding hydrogens is 242 g/mol. The Morgan fingerprint density at radius 2 is 2.26 bits per heavy atom. The quantitative estimate of drug-likeness (QED) is 0.877. The molecule has 0 amide bonds. The average Bonchev–Trinajstić information content (AvgIpc) is 2.39. The summed E-state index contributed by atoms with van der Waals surface area (Å²) < 4.78 is 5.43. The van der Waals surface area contributed by atoms with Crippen molar-refractivity contribution in [2.24, 2.45) is 0 Å². The van der Waals surface area contributed by atoms with Crippen LogP contribution < -0.4 is 5.32 Å². The molecule has 0 radical (unpaired) electrons. The SMILES string of the molecule is COC1CCCCC1(Nc1cccc(C)c1)C(=O)O. The molecule has 104 valence electrons. The van der Waals surface area contributed by atoms with Gasteiger partial charge in [-0.25, -0.2) is 4.79 Å². The van der Waals surface area contributed by atoms with Gasteiger partial charge in [-0.3, -0.25) is 0 Å². The highest BCUT2D eigenvalue weighted by Crippen LogP contribution is 2.34. The summed E-state index contributed by atoms with van der Waals surface area (Å²) in [4.78, 5) is 11.8. The molecule has 2 atom stereocenters. The maximum Gasteiger partial charge on any atom is 0.332 e. The second-order valence-corrected chi connectivity index (χ2v) is 5.24. The Labute approximate surface area is 113 Å². The van der Waals surface area contributed by atoms with E-state index in [2.05, 4.69) is 5.32 Å². The van der Waals surface area contributed by atoms with Crippen LogP contribution in [0.2, 0.25) is 0 Å². The van der Waals surface area contributed by atoms with Crippen molar-refractivity contribution < 1.29 is 14.6 Å². The van der Waals surface area contributed by atoms with E-state index in [1.54, 1.807) is 7.11 Å². The van der Waals surface area contributed by atoms with E-state index in [4.69, 9.17) is 4.74 Å². The molecule has 0 heterocycles. The fourth-order valence-electron chi connectivity index (χ4n) is 2.88. The molecule has 1 aliphatic carbocycles. The number of aryl methyl sites for hydroxylation is 1. The van der Waals surface area contributed by atoms with Gasteiger partial charge in [-0.1, -0.05) is 25.0 Å². The maximum absolute atomic E-state index is 11.8. The first-order valence-electron chi connectivity index (χ1n) is 6.69. The van der Waals surface area contributed by atoms with Crippen molar-refractivity contribution in [1.29, 1.82) is 0 Å². The van der Waals surface area contributed by atoms with Gasteiger partial charge in [0.2, 0.25) is 0 Å². The minimum Gasteiger partial charge on any atom is -0.479 e. The third kappa shape index (κ3) is 2.73. The highest BCUT2D eigenvalue weighted by molar-refractivity contribution is 5.84. The molecule has 2 N–H and O–H groups in total. The van der Waals surface area contributed by atoms with Gasteiger partial charge in [0.05, 0.1) is 6.10 Å². The molecule has 0 saturated heterocycles. The predicted molar refractivity (Wildman–Crippen MR) is 74.4 cm³/mol. The molecule has 1 aromatic rings. The van der Waals surface area contributed by atoms with E-state index in [1.165, 1.54) is 0 Å². The van der Waals surface area contributed by atoms with Crippen LogP contribution in [0.25, 0.3) is 0 Å². The highest BCUT2D eigenvalue weighted by atomic mass is 16.5. The lowest BCUT2D eigenvalue weighted by Crippen LogP contribution is -2.58. The van der Waals surface area contributed by atoms with Crippen molar-refractivity contribution in [2.45, 2.75) is 44.2 Å². The zero-order valence-electron chi connectivity index (χ0n) is 11.5. The molecule has 1 aromatic carbocycles. The predicted octanol–water partition coefficient (Wildman–Crippen LogP) is 2.82. The van der Waals surface area contributed by atoms with Crippen molar-refractivity contribution in [1.82, 2.24) is 0 Å². The third-order valence-electron chi connectivity index (χ3n) is 3.89. The third-order valence-corrected chi connectivity index (χ3v) is 3.89. The van der Waals surface area contributed by atoms with Gasteiger partial charge in [0.15, 0.2) is 5.54 Å². The van der Waals surface area contributed by atoms with Crippen LogP contribution in [0, 0.1) is 6.92 Å². The van der Waals surface area contributed by atoms with Gasteiger partial charge < -0.3 is 15.2 Å². The summed E-state index contributed by atoms with van der Waals surface area (Å²) in [6, 6.07) is 7.79. The molecule has 0 spiro atoms. The van der Waals surface area contributed by atoms with Gasteiger partial charge in [-0.2, -0.15) is 0 Å². The van der Waals surface area contributed by atoms with E-state index >= 15 is 0 Å². The summed E-state index contributed by atoms with van der Waals surface area (Å²) in [7, 11) is 1.59. The molecule has 4 nitrogen and oxygen atoms in total. The summed E-state index contributed by atoms with van der Waals surface area (Å²) in [6.07, 6.45) is 3.00. The summed E-state index contributed by atoms with van der Waals surface area (Å²) in [5.41, 5.74) is 0.933. The van der Waals surface area contributed by atoms with Crippen molar-refractivity contribution in [3.8, 4) is 0 Å². The largest absolute Gasteiger partial charge is 0.479 e. The average molecular weight is 263 g/mol. The first kappa shape index (κ1) is 13.9. The van der Waals surface area contributed by atoms with Gasteiger partial charge in [-0.15, -0.1) is 0 Å². The first-order chi connectivity index (χ1) is 9.08. The fraction of sp³-hybridized carbons (Fsp3) is 0.533. The Morgan fingerprint density at radius 3 is 2.89 bits per heavy atom.